The van der Waals surface area contributed by atoms with Crippen LogP contribution in [0.4, 0.5) is 0 Å². The van der Waals surface area contributed by atoms with Gasteiger partial charge in [-0.3, -0.25) is 4.79 Å². The molecule has 14 heavy (non-hydrogen) atoms. The van der Waals surface area contributed by atoms with Crippen LogP contribution in [-0.4, -0.2) is 5.78 Å². The Morgan fingerprint density at radius 3 is 2.79 bits per heavy atom. The minimum absolute atomic E-state index is 0.0285. The van der Waals surface area contributed by atoms with E-state index in [-0.39, 0.29) is 5.78 Å². The van der Waals surface area contributed by atoms with Gasteiger partial charge in [0, 0.05) is 12.3 Å². The summed E-state index contributed by atoms with van der Waals surface area (Å²) in [7, 11) is 0. The monoisotopic (exact) mass is 188 g/mol. The molecule has 2 heteroatoms. The van der Waals surface area contributed by atoms with Crippen molar-refractivity contribution >= 4 is 16.8 Å². The molecule has 0 amide bonds. The Morgan fingerprint density at radius 1 is 1.36 bits per heavy atom. The number of benzene rings is 1. The average molecular weight is 188 g/mol. The Bertz CT molecular complexity index is 480. The third-order valence-electron chi connectivity index (χ3n) is 2.34. The van der Waals surface area contributed by atoms with E-state index in [1.165, 1.54) is 12.5 Å². The number of furan rings is 1. The van der Waals surface area contributed by atoms with Crippen molar-refractivity contribution < 1.29 is 9.21 Å². The van der Waals surface area contributed by atoms with Gasteiger partial charge in [0.15, 0.2) is 11.5 Å². The molecule has 0 aliphatic heterocycles. The highest BCUT2D eigenvalue weighted by atomic mass is 16.3. The van der Waals surface area contributed by atoms with E-state index >= 15 is 0 Å². The molecule has 0 fully saturated rings. The molecule has 0 radical (unpaired) electrons. The molecule has 0 N–H and O–H groups in total. The number of fused-ring (bicyclic) bond motifs is 1. The number of carbonyl (C=O) groups excluding carboxylic acids is 1. The summed E-state index contributed by atoms with van der Waals surface area (Å²) in [5, 5.41) is 0.993. The van der Waals surface area contributed by atoms with Crippen LogP contribution in [0.1, 0.15) is 30.0 Å². The van der Waals surface area contributed by atoms with Gasteiger partial charge in [0.1, 0.15) is 5.58 Å². The molecular weight excluding hydrogens is 176 g/mol. The maximum absolute atomic E-state index is 11.1. The van der Waals surface area contributed by atoms with Gasteiger partial charge >= 0.3 is 0 Å². The third-order valence-corrected chi connectivity index (χ3v) is 2.34. The molecule has 1 heterocycles. The highest BCUT2D eigenvalue weighted by Gasteiger charge is 2.07. The molecule has 0 aliphatic carbocycles. The fourth-order valence-electron chi connectivity index (χ4n) is 1.47. The number of carbonyl (C=O) groups is 1. The van der Waals surface area contributed by atoms with Crippen LogP contribution in [-0.2, 0) is 6.42 Å². The Balaban J connectivity index is 2.60. The SMILES string of the molecule is CCc1ccc2cc(C(C)=O)oc2c1. The highest BCUT2D eigenvalue weighted by molar-refractivity contribution is 5.96. The molecule has 1 aromatic carbocycles. The van der Waals surface area contributed by atoms with E-state index in [1.54, 1.807) is 6.07 Å². The van der Waals surface area contributed by atoms with Crippen molar-refractivity contribution in [3.8, 4) is 0 Å². The van der Waals surface area contributed by atoms with E-state index in [0.29, 0.717) is 5.76 Å². The molecule has 2 nitrogen and oxygen atoms in total. The lowest BCUT2D eigenvalue weighted by Gasteiger charge is -1.93. The van der Waals surface area contributed by atoms with Crippen LogP contribution in [0.3, 0.4) is 0 Å². The van der Waals surface area contributed by atoms with Crippen molar-refractivity contribution in [2.45, 2.75) is 20.3 Å². The zero-order chi connectivity index (χ0) is 10.1. The van der Waals surface area contributed by atoms with Gasteiger partial charge < -0.3 is 4.42 Å². The second-order valence-corrected chi connectivity index (χ2v) is 3.39. The maximum atomic E-state index is 11.1. The normalized spacial score (nSPS) is 10.7. The van der Waals surface area contributed by atoms with Crippen molar-refractivity contribution in [1.29, 1.82) is 0 Å². The number of ketones is 1. The van der Waals surface area contributed by atoms with Gasteiger partial charge in [-0.2, -0.15) is 0 Å². The Morgan fingerprint density at radius 2 is 2.14 bits per heavy atom. The average Bonchev–Trinajstić information content (AvgIpc) is 2.59. The van der Waals surface area contributed by atoms with Crippen LogP contribution >= 0.6 is 0 Å². The summed E-state index contributed by atoms with van der Waals surface area (Å²) in [4.78, 5) is 11.1. The predicted octanol–water partition coefficient (Wildman–Crippen LogP) is 3.20. The van der Waals surface area contributed by atoms with Gasteiger partial charge in [-0.15, -0.1) is 0 Å². The second-order valence-electron chi connectivity index (χ2n) is 3.39. The summed E-state index contributed by atoms with van der Waals surface area (Å²) in [5.41, 5.74) is 2.02. The first-order valence-corrected chi connectivity index (χ1v) is 4.74. The van der Waals surface area contributed by atoms with Gasteiger partial charge in [0.25, 0.3) is 0 Å². The topological polar surface area (TPSA) is 30.2 Å². The summed E-state index contributed by atoms with van der Waals surface area (Å²) in [5.74, 6) is 0.410. The van der Waals surface area contributed by atoms with Gasteiger partial charge in [-0.05, 0) is 24.1 Å². The van der Waals surface area contributed by atoms with Crippen molar-refractivity contribution in [2.75, 3.05) is 0 Å². The van der Waals surface area contributed by atoms with Crippen molar-refractivity contribution in [3.05, 3.63) is 35.6 Å². The quantitative estimate of drug-likeness (QED) is 0.677. The minimum atomic E-state index is -0.0285. The molecular formula is C12H12O2. The van der Waals surface area contributed by atoms with E-state index < -0.39 is 0 Å². The van der Waals surface area contributed by atoms with Crippen LogP contribution in [0, 0.1) is 0 Å². The second kappa shape index (κ2) is 3.29. The fraction of sp³-hybridized carbons (Fsp3) is 0.250. The molecule has 0 saturated heterocycles. The lowest BCUT2D eigenvalue weighted by Crippen LogP contribution is -1.85. The van der Waals surface area contributed by atoms with Gasteiger partial charge in [-0.1, -0.05) is 19.1 Å². The molecule has 2 rings (SSSR count). The molecule has 0 unspecified atom stereocenters. The molecule has 72 valence electrons. The molecule has 0 aliphatic rings. The Labute approximate surface area is 82.5 Å². The van der Waals surface area contributed by atoms with Crippen molar-refractivity contribution in [1.82, 2.24) is 0 Å². The van der Waals surface area contributed by atoms with E-state index in [2.05, 4.69) is 13.0 Å². The van der Waals surface area contributed by atoms with Crippen molar-refractivity contribution in [3.63, 3.8) is 0 Å². The molecule has 0 atom stereocenters. The molecule has 2 aromatic rings. The van der Waals surface area contributed by atoms with E-state index in [9.17, 15) is 4.79 Å². The summed E-state index contributed by atoms with van der Waals surface area (Å²) in [6.45, 7) is 3.61. The van der Waals surface area contributed by atoms with Crippen LogP contribution < -0.4 is 0 Å². The summed E-state index contributed by atoms with van der Waals surface area (Å²) >= 11 is 0. The first-order valence-electron chi connectivity index (χ1n) is 4.74. The van der Waals surface area contributed by atoms with Crippen LogP contribution in [0.25, 0.3) is 11.0 Å². The molecule has 0 spiro atoms. The smallest absolute Gasteiger partial charge is 0.194 e. The summed E-state index contributed by atoms with van der Waals surface area (Å²) in [6, 6.07) is 7.82. The third kappa shape index (κ3) is 1.43. The number of aryl methyl sites for hydroxylation is 1. The van der Waals surface area contributed by atoms with Crippen LogP contribution in [0.5, 0.6) is 0 Å². The zero-order valence-corrected chi connectivity index (χ0v) is 8.33. The molecule has 1 aromatic heterocycles. The lowest BCUT2D eigenvalue weighted by molar-refractivity contribution is 0.0989. The predicted molar refractivity (Wildman–Crippen MR) is 55.6 cm³/mol. The number of rotatable bonds is 2. The van der Waals surface area contributed by atoms with Gasteiger partial charge in [0.2, 0.25) is 0 Å². The summed E-state index contributed by atoms with van der Waals surface area (Å²) < 4.78 is 5.42. The Hall–Kier alpha value is -1.57. The first-order chi connectivity index (χ1) is 6.70. The zero-order valence-electron chi connectivity index (χ0n) is 8.33. The van der Waals surface area contributed by atoms with E-state index in [1.807, 2.05) is 12.1 Å². The number of Topliss-reactive ketones (excluding diaryl/α,β-unsaturated/α-hetero) is 1. The van der Waals surface area contributed by atoms with Crippen LogP contribution in [0.2, 0.25) is 0 Å². The standard InChI is InChI=1S/C12H12O2/c1-3-9-4-5-10-7-11(8(2)13)14-12(10)6-9/h4-7H,3H2,1-2H3. The first kappa shape index (κ1) is 9.00. The largest absolute Gasteiger partial charge is 0.453 e. The minimum Gasteiger partial charge on any atom is -0.453 e. The maximum Gasteiger partial charge on any atom is 0.194 e. The summed E-state index contributed by atoms with van der Waals surface area (Å²) in [6.07, 6.45) is 0.978. The fourth-order valence-corrected chi connectivity index (χ4v) is 1.47. The van der Waals surface area contributed by atoms with Crippen LogP contribution in [0.15, 0.2) is 28.7 Å². The number of hydrogen-bond acceptors (Lipinski definition) is 2. The lowest BCUT2D eigenvalue weighted by atomic mass is 10.1. The van der Waals surface area contributed by atoms with E-state index in [0.717, 1.165) is 17.4 Å². The number of hydrogen-bond donors (Lipinski definition) is 0. The highest BCUT2D eigenvalue weighted by Crippen LogP contribution is 2.21. The van der Waals surface area contributed by atoms with Crippen molar-refractivity contribution in [2.24, 2.45) is 0 Å². The Kier molecular flexibility index (Phi) is 2.12. The molecule has 0 bridgehead atoms. The van der Waals surface area contributed by atoms with Gasteiger partial charge in [0.05, 0.1) is 0 Å². The molecule has 0 saturated carbocycles. The van der Waals surface area contributed by atoms with E-state index in [4.69, 9.17) is 4.42 Å². The van der Waals surface area contributed by atoms with Gasteiger partial charge in [-0.25, -0.2) is 0 Å².